The van der Waals surface area contributed by atoms with Gasteiger partial charge in [-0.05, 0) is 91.5 Å². The molecule has 0 bridgehead atoms. The average Bonchev–Trinajstić information content (AvgIpc) is 3.64. The van der Waals surface area contributed by atoms with E-state index in [1.165, 1.54) is 16.7 Å². The molecule has 55 heavy (non-hydrogen) atoms. The minimum Gasteiger partial charge on any atom is -0.455 e. The number of aromatic nitrogens is 2. The van der Waals surface area contributed by atoms with Gasteiger partial charge >= 0.3 is 0 Å². The zero-order valence-corrected chi connectivity index (χ0v) is 32.8. The molecule has 8 rings (SSSR count). The number of allylic oxidation sites excluding steroid dienone is 1. The highest BCUT2D eigenvalue weighted by atomic mass is 35.5. The van der Waals surface area contributed by atoms with Crippen molar-refractivity contribution in [2.75, 3.05) is 44.3 Å². The predicted octanol–water partition coefficient (Wildman–Crippen LogP) is 6.07. The Kier molecular flexibility index (Phi) is 10.4. The molecule has 0 radical (unpaired) electrons. The van der Waals surface area contributed by atoms with E-state index in [-0.39, 0.29) is 35.1 Å². The van der Waals surface area contributed by atoms with Gasteiger partial charge in [-0.3, -0.25) is 19.8 Å². The second-order valence-corrected chi connectivity index (χ2v) is 18.5. The van der Waals surface area contributed by atoms with Crippen molar-refractivity contribution in [3.05, 3.63) is 88.7 Å². The summed E-state index contributed by atoms with van der Waals surface area (Å²) < 4.78 is 35.9. The van der Waals surface area contributed by atoms with Gasteiger partial charge in [0.1, 0.15) is 17.1 Å². The van der Waals surface area contributed by atoms with Crippen LogP contribution in [0.4, 0.5) is 5.69 Å². The maximum Gasteiger partial charge on any atom is 0.268 e. The molecule has 2 aromatic heterocycles. The van der Waals surface area contributed by atoms with E-state index in [0.717, 1.165) is 68.1 Å². The van der Waals surface area contributed by atoms with Crippen molar-refractivity contribution >= 4 is 55.7 Å². The van der Waals surface area contributed by atoms with Crippen LogP contribution in [0, 0.1) is 11.3 Å². The molecular formula is C41H48ClN7O5S. The van der Waals surface area contributed by atoms with Crippen LogP contribution in [0.25, 0.3) is 16.6 Å². The SMILES string of the molecule is CC1(C)CCC(CN2CCN(c3ccc(C(=O)NS(=O)(=O)C4CCC5NCNC(=O)C5C4)c(Oc4cnc5[nH]ccc5c4)c3)CC2)=C(c2ccc(Cl)cc2)C1. The Morgan fingerprint density at radius 3 is 2.65 bits per heavy atom. The standard InChI is InChI=1S/C41H48ClN7O5S/c1-41(2)13-11-28(35(22-41)26-3-5-29(42)6-4-26)24-48-15-17-49(18-16-48)30-7-9-33(37(20-30)54-31-19-27-12-14-43-38(27)44-23-31)40(51)47-55(52,53)32-8-10-36-34(21-32)39(50)46-25-45-36/h3-7,9,12,14,19-20,23,32,34,36,45H,8,10-11,13,15-18,21-22,24-25H2,1-2H3,(H,43,44)(H,46,50)(H,47,51). The lowest BCUT2D eigenvalue weighted by atomic mass is 9.72. The van der Waals surface area contributed by atoms with E-state index in [1.54, 1.807) is 18.5 Å². The molecule has 4 heterocycles. The van der Waals surface area contributed by atoms with E-state index in [2.05, 4.69) is 61.1 Å². The zero-order valence-electron chi connectivity index (χ0n) is 31.2. The fourth-order valence-corrected chi connectivity index (χ4v) is 10.2. The molecule has 4 N–H and O–H groups in total. The molecule has 14 heteroatoms. The van der Waals surface area contributed by atoms with Crippen molar-refractivity contribution in [3.63, 3.8) is 0 Å². The van der Waals surface area contributed by atoms with Crippen LogP contribution in [-0.2, 0) is 14.8 Å². The highest BCUT2D eigenvalue weighted by Crippen LogP contribution is 2.43. The number of fused-ring (bicyclic) bond motifs is 2. The third-order valence-electron chi connectivity index (χ3n) is 11.8. The quantitative estimate of drug-likeness (QED) is 0.159. The van der Waals surface area contributed by atoms with Gasteiger partial charge in [-0.1, -0.05) is 43.2 Å². The number of hydrogen-bond acceptors (Lipinski definition) is 9. The number of nitrogens with one attached hydrogen (secondary N) is 4. The molecule has 2 amide bonds. The van der Waals surface area contributed by atoms with E-state index in [9.17, 15) is 18.0 Å². The molecule has 2 aliphatic heterocycles. The number of anilines is 1. The maximum atomic E-state index is 13.8. The molecule has 2 aromatic carbocycles. The van der Waals surface area contributed by atoms with E-state index >= 15 is 0 Å². The molecule has 3 fully saturated rings. The van der Waals surface area contributed by atoms with Crippen LogP contribution in [0.3, 0.4) is 0 Å². The minimum absolute atomic E-state index is 0.0696. The van der Waals surface area contributed by atoms with Crippen LogP contribution in [-0.4, -0.2) is 85.8 Å². The first-order valence-electron chi connectivity index (χ1n) is 19.2. The van der Waals surface area contributed by atoms with E-state index in [4.69, 9.17) is 16.3 Å². The highest BCUT2D eigenvalue weighted by molar-refractivity contribution is 7.90. The van der Waals surface area contributed by atoms with Crippen molar-refractivity contribution in [1.82, 2.24) is 30.2 Å². The number of halogens is 1. The number of nitrogens with zero attached hydrogens (tertiary/aromatic N) is 3. The lowest BCUT2D eigenvalue weighted by molar-refractivity contribution is -0.128. The number of piperazine rings is 1. The van der Waals surface area contributed by atoms with Gasteiger partial charge in [0.25, 0.3) is 5.91 Å². The lowest BCUT2D eigenvalue weighted by Crippen LogP contribution is -2.58. The molecule has 290 valence electrons. The van der Waals surface area contributed by atoms with E-state index in [1.807, 2.05) is 36.4 Å². The topological polar surface area (TPSA) is 149 Å². The molecule has 3 unspecified atom stereocenters. The lowest BCUT2D eigenvalue weighted by Gasteiger charge is -2.39. The molecule has 3 atom stereocenters. The average molecular weight is 786 g/mol. The van der Waals surface area contributed by atoms with Crippen LogP contribution in [0.1, 0.15) is 68.3 Å². The van der Waals surface area contributed by atoms with Crippen LogP contribution in [0.5, 0.6) is 11.5 Å². The van der Waals surface area contributed by atoms with Crippen molar-refractivity contribution in [3.8, 4) is 11.5 Å². The molecule has 2 saturated heterocycles. The molecule has 1 saturated carbocycles. The summed E-state index contributed by atoms with van der Waals surface area (Å²) in [4.78, 5) is 38.6. The first kappa shape index (κ1) is 37.5. The van der Waals surface area contributed by atoms with Crippen molar-refractivity contribution in [1.29, 1.82) is 0 Å². The Hall–Kier alpha value is -4.43. The molecule has 0 spiro atoms. The van der Waals surface area contributed by atoms with Gasteiger partial charge in [0.05, 0.1) is 29.6 Å². The smallest absolute Gasteiger partial charge is 0.268 e. The third-order valence-corrected chi connectivity index (χ3v) is 13.8. The van der Waals surface area contributed by atoms with Crippen LogP contribution < -0.4 is 25.0 Å². The molecule has 2 aliphatic carbocycles. The van der Waals surface area contributed by atoms with Crippen LogP contribution >= 0.6 is 11.6 Å². The van der Waals surface area contributed by atoms with Gasteiger partial charge in [0.2, 0.25) is 15.9 Å². The van der Waals surface area contributed by atoms with Crippen LogP contribution in [0.15, 0.2) is 72.6 Å². The summed E-state index contributed by atoms with van der Waals surface area (Å²) in [6.45, 7) is 9.26. The Bertz CT molecular complexity index is 2230. The molecule has 4 aromatic rings. The van der Waals surface area contributed by atoms with Gasteiger partial charge < -0.3 is 19.9 Å². The molecule has 4 aliphatic rings. The van der Waals surface area contributed by atoms with E-state index in [0.29, 0.717) is 30.9 Å². The number of sulfonamides is 1. The number of ether oxygens (including phenoxy) is 1. The highest BCUT2D eigenvalue weighted by Gasteiger charge is 2.42. The first-order valence-corrected chi connectivity index (χ1v) is 21.1. The minimum atomic E-state index is -4.10. The molecular weight excluding hydrogens is 738 g/mol. The summed E-state index contributed by atoms with van der Waals surface area (Å²) in [5, 5.41) is 6.71. The third kappa shape index (κ3) is 8.25. The Morgan fingerprint density at radius 2 is 1.85 bits per heavy atom. The van der Waals surface area contributed by atoms with Gasteiger partial charge in [-0.2, -0.15) is 0 Å². The molecule has 12 nitrogen and oxygen atoms in total. The number of rotatable bonds is 9. The summed E-state index contributed by atoms with van der Waals surface area (Å²) in [5.74, 6) is -0.763. The first-order chi connectivity index (χ1) is 26.4. The Morgan fingerprint density at radius 1 is 1.05 bits per heavy atom. The number of benzene rings is 2. The van der Waals surface area contributed by atoms with Gasteiger partial charge in [-0.15, -0.1) is 0 Å². The summed E-state index contributed by atoms with van der Waals surface area (Å²) >= 11 is 6.23. The fourth-order valence-electron chi connectivity index (χ4n) is 8.60. The van der Waals surface area contributed by atoms with Gasteiger partial charge in [-0.25, -0.2) is 18.1 Å². The number of amides is 2. The normalized spacial score (nSPS) is 23.3. The number of H-pyrrole nitrogens is 1. The second kappa shape index (κ2) is 15.2. The largest absolute Gasteiger partial charge is 0.455 e. The van der Waals surface area contributed by atoms with Crippen molar-refractivity contribution in [2.45, 2.75) is 63.7 Å². The maximum absolute atomic E-state index is 13.8. The van der Waals surface area contributed by atoms with Gasteiger partial charge in [0, 0.05) is 67.1 Å². The van der Waals surface area contributed by atoms with Gasteiger partial charge in [0.15, 0.2) is 0 Å². The summed E-state index contributed by atoms with van der Waals surface area (Å²) in [7, 11) is -4.10. The number of carbonyl (C=O) groups is 2. The monoisotopic (exact) mass is 785 g/mol. The predicted molar refractivity (Wildman–Crippen MR) is 215 cm³/mol. The Labute approximate surface area is 327 Å². The summed E-state index contributed by atoms with van der Waals surface area (Å²) in [5.41, 5.74) is 6.10. The van der Waals surface area contributed by atoms with E-state index < -0.39 is 27.1 Å². The van der Waals surface area contributed by atoms with Crippen molar-refractivity contribution in [2.24, 2.45) is 11.3 Å². The second-order valence-electron chi connectivity index (χ2n) is 16.1. The summed E-state index contributed by atoms with van der Waals surface area (Å²) in [6, 6.07) is 17.2. The summed E-state index contributed by atoms with van der Waals surface area (Å²) in [6.07, 6.45) is 7.65. The number of pyridine rings is 1. The Balaban J connectivity index is 0.998. The number of aromatic amines is 1. The fraction of sp³-hybridized carbons (Fsp3) is 0.439. The number of carbonyl (C=O) groups excluding carboxylic acids is 2. The zero-order chi connectivity index (χ0) is 38.3. The van der Waals surface area contributed by atoms with Crippen LogP contribution in [0.2, 0.25) is 5.02 Å². The number of hydrogen-bond donors (Lipinski definition) is 4. The van der Waals surface area contributed by atoms with Crippen molar-refractivity contribution < 1.29 is 22.7 Å².